The third kappa shape index (κ3) is 5.91. The van der Waals surface area contributed by atoms with Crippen LogP contribution in [0.5, 0.6) is 0 Å². The van der Waals surface area contributed by atoms with Crippen LogP contribution in [0.3, 0.4) is 0 Å². The highest BCUT2D eigenvalue weighted by Crippen LogP contribution is 2.34. The van der Waals surface area contributed by atoms with Crippen LogP contribution >= 0.6 is 11.8 Å². The van der Waals surface area contributed by atoms with E-state index in [4.69, 9.17) is 8.83 Å². The molecular formula is C31H27NO6S. The summed E-state index contributed by atoms with van der Waals surface area (Å²) in [6, 6.07) is 22.2. The lowest BCUT2D eigenvalue weighted by Gasteiger charge is -2.14. The van der Waals surface area contributed by atoms with Gasteiger partial charge in [0.25, 0.3) is 0 Å². The predicted octanol–water partition coefficient (Wildman–Crippen LogP) is 5.95. The van der Waals surface area contributed by atoms with Crippen LogP contribution in [0.2, 0.25) is 0 Å². The maximum absolute atomic E-state index is 12.8. The van der Waals surface area contributed by atoms with Gasteiger partial charge in [0.15, 0.2) is 0 Å². The number of benzene rings is 3. The molecule has 0 aliphatic rings. The van der Waals surface area contributed by atoms with E-state index in [0.717, 1.165) is 33.0 Å². The second kappa shape index (κ2) is 11.6. The number of carboxylic acid groups (broad SMARTS) is 1. The van der Waals surface area contributed by atoms with E-state index < -0.39 is 23.5 Å². The largest absolute Gasteiger partial charge is 0.480 e. The molecule has 198 valence electrons. The zero-order valence-electron chi connectivity index (χ0n) is 21.3. The van der Waals surface area contributed by atoms with E-state index in [1.807, 2.05) is 73.7 Å². The molecule has 1 amide bonds. The molecular weight excluding hydrogens is 514 g/mol. The molecule has 0 saturated heterocycles. The van der Waals surface area contributed by atoms with E-state index in [2.05, 4.69) is 5.32 Å². The number of rotatable bonds is 10. The van der Waals surface area contributed by atoms with Gasteiger partial charge in [0.2, 0.25) is 5.91 Å². The molecule has 5 aromatic rings. The summed E-state index contributed by atoms with van der Waals surface area (Å²) in [6.07, 6.45) is 1.79. The molecule has 2 N–H and O–H groups in total. The molecule has 2 heterocycles. The fraction of sp³-hybridized carbons (Fsp3) is 0.194. The van der Waals surface area contributed by atoms with Gasteiger partial charge in [-0.2, -0.15) is 11.8 Å². The number of furan rings is 1. The Balaban J connectivity index is 1.30. The topological polar surface area (TPSA) is 110 Å². The first-order valence-corrected chi connectivity index (χ1v) is 13.7. The molecule has 8 heteroatoms. The summed E-state index contributed by atoms with van der Waals surface area (Å²) in [5.74, 6) is -0.646. The van der Waals surface area contributed by atoms with E-state index in [-0.39, 0.29) is 18.6 Å². The lowest BCUT2D eigenvalue weighted by Crippen LogP contribution is -2.42. The second-order valence-corrected chi connectivity index (χ2v) is 10.3. The number of carbonyl (C=O) groups is 2. The van der Waals surface area contributed by atoms with Crippen molar-refractivity contribution in [1.29, 1.82) is 0 Å². The monoisotopic (exact) mass is 541 g/mol. The zero-order chi connectivity index (χ0) is 27.4. The van der Waals surface area contributed by atoms with E-state index in [0.29, 0.717) is 22.5 Å². The molecule has 0 aliphatic heterocycles. The van der Waals surface area contributed by atoms with Crippen molar-refractivity contribution in [1.82, 2.24) is 5.32 Å². The molecule has 0 unspecified atom stereocenters. The van der Waals surface area contributed by atoms with Gasteiger partial charge in [0, 0.05) is 45.9 Å². The number of nitrogens with one attached hydrogen (secondary N) is 1. The van der Waals surface area contributed by atoms with Crippen LogP contribution in [-0.4, -0.2) is 28.8 Å². The van der Waals surface area contributed by atoms with Crippen LogP contribution < -0.4 is 10.9 Å². The summed E-state index contributed by atoms with van der Waals surface area (Å²) in [7, 11) is 0. The van der Waals surface area contributed by atoms with Crippen molar-refractivity contribution in [3.63, 3.8) is 0 Å². The Morgan fingerprint density at radius 3 is 2.41 bits per heavy atom. The standard InChI is InChI=1S/C31H27NO6S/c1-19-22(12-13-29(33)32-26(30(34)35)18-39-17-20-8-4-2-5-9-20)31(36)38-28-15-27-24(14-23(19)28)25(16-37-27)21-10-6-3-7-11-21/h2-11,14-16,26H,12-13,17-18H2,1H3,(H,32,33)(H,34,35)/t26-/m1/s1. The summed E-state index contributed by atoms with van der Waals surface area (Å²) in [5.41, 5.74) is 4.66. The average molecular weight is 542 g/mol. The van der Waals surface area contributed by atoms with Crippen LogP contribution in [-0.2, 0) is 21.8 Å². The number of thioether (sulfide) groups is 1. The number of fused-ring (bicyclic) bond motifs is 2. The van der Waals surface area contributed by atoms with Crippen LogP contribution in [0.25, 0.3) is 33.1 Å². The van der Waals surface area contributed by atoms with Crippen LogP contribution in [0.4, 0.5) is 0 Å². The minimum atomic E-state index is -1.09. The molecule has 0 bridgehead atoms. The van der Waals surface area contributed by atoms with Crippen molar-refractivity contribution in [3.8, 4) is 11.1 Å². The van der Waals surface area contributed by atoms with Crippen molar-refractivity contribution in [2.45, 2.75) is 31.6 Å². The number of carboxylic acids is 1. The van der Waals surface area contributed by atoms with Crippen LogP contribution in [0.15, 0.2) is 92.7 Å². The minimum Gasteiger partial charge on any atom is -0.480 e. The number of hydrogen-bond acceptors (Lipinski definition) is 6. The predicted molar refractivity (Wildman–Crippen MR) is 153 cm³/mol. The Bertz CT molecular complexity index is 1690. The summed E-state index contributed by atoms with van der Waals surface area (Å²) in [5, 5.41) is 13.8. The van der Waals surface area contributed by atoms with Gasteiger partial charge in [-0.25, -0.2) is 9.59 Å². The van der Waals surface area contributed by atoms with Gasteiger partial charge < -0.3 is 19.3 Å². The first kappa shape index (κ1) is 26.3. The van der Waals surface area contributed by atoms with Crippen molar-refractivity contribution < 1.29 is 23.5 Å². The molecule has 5 rings (SSSR count). The van der Waals surface area contributed by atoms with Crippen LogP contribution in [0.1, 0.15) is 23.1 Å². The molecule has 3 aromatic carbocycles. The van der Waals surface area contributed by atoms with Gasteiger partial charge in [0.05, 0.1) is 6.26 Å². The lowest BCUT2D eigenvalue weighted by atomic mass is 9.99. The third-order valence-electron chi connectivity index (χ3n) is 6.70. The molecule has 0 spiro atoms. The Labute approximate surface area is 228 Å². The summed E-state index contributed by atoms with van der Waals surface area (Å²) in [4.78, 5) is 37.2. The SMILES string of the molecule is Cc1c(CCC(=O)N[C@H](CSCc2ccccc2)C(=O)O)c(=O)oc2cc3occ(-c4ccccc4)c3cc12. The molecule has 0 radical (unpaired) electrons. The first-order valence-electron chi connectivity index (χ1n) is 12.6. The number of amides is 1. The Morgan fingerprint density at radius 2 is 1.69 bits per heavy atom. The van der Waals surface area contributed by atoms with Crippen molar-refractivity contribution in [2.24, 2.45) is 0 Å². The summed E-state index contributed by atoms with van der Waals surface area (Å²) in [6.45, 7) is 1.83. The fourth-order valence-corrected chi connectivity index (χ4v) is 5.60. The normalized spacial score (nSPS) is 12.0. The lowest BCUT2D eigenvalue weighted by molar-refractivity contribution is -0.141. The molecule has 0 saturated carbocycles. The smallest absolute Gasteiger partial charge is 0.339 e. The number of carbonyl (C=O) groups excluding carboxylic acids is 1. The highest BCUT2D eigenvalue weighted by atomic mass is 32.2. The zero-order valence-corrected chi connectivity index (χ0v) is 22.1. The average Bonchev–Trinajstić information content (AvgIpc) is 3.35. The van der Waals surface area contributed by atoms with E-state index in [1.54, 1.807) is 12.3 Å². The van der Waals surface area contributed by atoms with Gasteiger partial charge >= 0.3 is 11.6 Å². The molecule has 0 aliphatic carbocycles. The Hall–Kier alpha value is -4.30. The van der Waals surface area contributed by atoms with E-state index >= 15 is 0 Å². The summed E-state index contributed by atoms with van der Waals surface area (Å²) >= 11 is 1.44. The first-order chi connectivity index (χ1) is 18.9. The van der Waals surface area contributed by atoms with Crippen molar-refractivity contribution in [3.05, 3.63) is 106 Å². The number of aryl methyl sites for hydroxylation is 1. The second-order valence-electron chi connectivity index (χ2n) is 9.31. The van der Waals surface area contributed by atoms with Gasteiger partial charge in [-0.1, -0.05) is 60.7 Å². The van der Waals surface area contributed by atoms with Crippen molar-refractivity contribution in [2.75, 3.05) is 5.75 Å². The van der Waals surface area contributed by atoms with Crippen molar-refractivity contribution >= 4 is 45.6 Å². The Morgan fingerprint density at radius 1 is 0.974 bits per heavy atom. The number of aliphatic carboxylic acids is 1. The van der Waals surface area contributed by atoms with Gasteiger partial charge in [-0.15, -0.1) is 0 Å². The van der Waals surface area contributed by atoms with Gasteiger partial charge in [-0.05, 0) is 36.1 Å². The van der Waals surface area contributed by atoms with Gasteiger partial charge in [-0.3, -0.25) is 4.79 Å². The Kier molecular flexibility index (Phi) is 7.84. The highest BCUT2D eigenvalue weighted by Gasteiger charge is 2.21. The summed E-state index contributed by atoms with van der Waals surface area (Å²) < 4.78 is 11.3. The number of hydrogen-bond donors (Lipinski definition) is 2. The molecule has 0 fully saturated rings. The molecule has 39 heavy (non-hydrogen) atoms. The van der Waals surface area contributed by atoms with Gasteiger partial charge in [0.1, 0.15) is 17.2 Å². The third-order valence-corrected chi connectivity index (χ3v) is 7.80. The van der Waals surface area contributed by atoms with Crippen LogP contribution in [0, 0.1) is 6.92 Å². The minimum absolute atomic E-state index is 0.0343. The fourth-order valence-electron chi connectivity index (χ4n) is 4.59. The highest BCUT2D eigenvalue weighted by molar-refractivity contribution is 7.98. The maximum Gasteiger partial charge on any atom is 0.339 e. The maximum atomic E-state index is 12.8. The molecule has 2 aromatic heterocycles. The van der Waals surface area contributed by atoms with E-state index in [1.165, 1.54) is 11.8 Å². The molecule has 1 atom stereocenters. The molecule has 7 nitrogen and oxygen atoms in total. The van der Waals surface area contributed by atoms with E-state index in [9.17, 15) is 19.5 Å². The quantitative estimate of drug-likeness (QED) is 0.210.